The van der Waals surface area contributed by atoms with Crippen LogP contribution in [0.15, 0.2) is 9.59 Å². The van der Waals surface area contributed by atoms with E-state index in [-0.39, 0.29) is 51.4 Å². The monoisotopic (exact) mass is 211 g/mol. The van der Waals surface area contributed by atoms with E-state index in [0.29, 0.717) is 0 Å². The Kier molecular flexibility index (Phi) is 4.50. The Balaban J connectivity index is 0.00000144. The molecule has 0 unspecified atom stereocenters. The number of rotatable bonds is 1. The zero-order valence-corrected chi connectivity index (χ0v) is 9.61. The van der Waals surface area contributed by atoms with Crippen molar-refractivity contribution in [1.82, 2.24) is 9.97 Å². The van der Waals surface area contributed by atoms with Crippen molar-refractivity contribution in [2.75, 3.05) is 0 Å². The molecule has 1 rings (SSSR count). The second-order valence-corrected chi connectivity index (χ2v) is 1.84. The number of hydrogen-bond donors (Lipinski definition) is 2. The molecule has 0 fully saturated rings. The normalized spacial score (nSPS) is 8.92. The van der Waals surface area contributed by atoms with Crippen molar-refractivity contribution in [1.29, 1.82) is 0 Å². The maximum absolute atomic E-state index is 10.6. The number of aromatic nitrogens is 2. The molecule has 0 aliphatic rings. The molecule has 0 amide bonds. The summed E-state index contributed by atoms with van der Waals surface area (Å²) in [6.07, 6.45) is 0. The average Bonchev–Trinajstić information content (AvgIpc) is 1.82. The van der Waals surface area contributed by atoms with Gasteiger partial charge in [0.05, 0.1) is 10.8 Å². The standard InChI is InChI=1S/C4H3N3O5.K/c8-2-1(7(11)12)3(9)6-4(10)5-2;/h(H3,5,6,8,9,10);/q;+1/p-1. The van der Waals surface area contributed by atoms with Gasteiger partial charge in [-0.25, -0.2) is 4.79 Å². The molecule has 0 aliphatic carbocycles. The van der Waals surface area contributed by atoms with Gasteiger partial charge < -0.3 is 10.1 Å². The van der Waals surface area contributed by atoms with E-state index >= 15 is 0 Å². The van der Waals surface area contributed by atoms with Gasteiger partial charge in [0.15, 0.2) is 0 Å². The van der Waals surface area contributed by atoms with E-state index in [1.54, 1.807) is 9.97 Å². The smallest absolute Gasteiger partial charge is 0.855 e. The van der Waals surface area contributed by atoms with Crippen molar-refractivity contribution in [3.63, 3.8) is 0 Å². The molecule has 0 saturated carbocycles. The van der Waals surface area contributed by atoms with Gasteiger partial charge in [-0.2, -0.15) is 0 Å². The molecule has 9 heteroatoms. The van der Waals surface area contributed by atoms with Crippen molar-refractivity contribution in [3.8, 4) is 5.88 Å². The van der Waals surface area contributed by atoms with Gasteiger partial charge >= 0.3 is 68.3 Å². The Bertz CT molecular complexity index is 434. The minimum Gasteiger partial charge on any atom is -0.855 e. The first-order chi connectivity index (χ1) is 5.52. The van der Waals surface area contributed by atoms with Gasteiger partial charge in [0.25, 0.3) is 0 Å². The Morgan fingerprint density at radius 3 is 2.15 bits per heavy atom. The molecule has 2 N–H and O–H groups in total. The predicted octanol–water partition coefficient (Wildman–Crippen LogP) is -4.95. The van der Waals surface area contributed by atoms with Gasteiger partial charge in [-0.05, 0) is 0 Å². The first-order valence-corrected chi connectivity index (χ1v) is 2.70. The van der Waals surface area contributed by atoms with Crippen molar-refractivity contribution in [3.05, 3.63) is 31.0 Å². The van der Waals surface area contributed by atoms with Crippen LogP contribution < -0.4 is 67.7 Å². The molecule has 13 heavy (non-hydrogen) atoms. The van der Waals surface area contributed by atoms with Crippen molar-refractivity contribution in [2.45, 2.75) is 0 Å². The molecule has 1 aromatic rings. The summed E-state index contributed by atoms with van der Waals surface area (Å²) >= 11 is 0. The number of aromatic amines is 2. The van der Waals surface area contributed by atoms with E-state index < -0.39 is 27.7 Å². The van der Waals surface area contributed by atoms with Crippen LogP contribution in [0, 0.1) is 10.1 Å². The molecular weight excluding hydrogens is 209 g/mol. The van der Waals surface area contributed by atoms with E-state index in [2.05, 4.69) is 0 Å². The fourth-order valence-corrected chi connectivity index (χ4v) is 0.625. The van der Waals surface area contributed by atoms with Crippen molar-refractivity contribution >= 4 is 5.69 Å². The SMILES string of the molecule is O=c1[nH]c([O-])c([N+](=O)[O-])c(=O)[nH]1.[K+]. The Morgan fingerprint density at radius 1 is 1.23 bits per heavy atom. The number of H-pyrrole nitrogens is 2. The Hall–Kier alpha value is -0.484. The zero-order valence-electron chi connectivity index (χ0n) is 6.49. The van der Waals surface area contributed by atoms with Crippen LogP contribution in [-0.2, 0) is 0 Å². The van der Waals surface area contributed by atoms with E-state index in [9.17, 15) is 24.8 Å². The molecule has 64 valence electrons. The number of nitrogens with zero attached hydrogens (tertiary/aromatic N) is 1. The predicted molar refractivity (Wildman–Crippen MR) is 33.8 cm³/mol. The number of nitrogens with one attached hydrogen (secondary N) is 2. The summed E-state index contributed by atoms with van der Waals surface area (Å²) in [4.78, 5) is 32.9. The summed E-state index contributed by atoms with van der Waals surface area (Å²) in [5.41, 5.74) is -3.54. The van der Waals surface area contributed by atoms with Gasteiger partial charge in [-0.1, -0.05) is 0 Å². The largest absolute Gasteiger partial charge is 1.00 e. The van der Waals surface area contributed by atoms with E-state index in [0.717, 1.165) is 0 Å². The fraction of sp³-hybridized carbons (Fsp3) is 0. The average molecular weight is 211 g/mol. The molecular formula is C4H2KN3O5. The van der Waals surface area contributed by atoms with E-state index in [1.807, 2.05) is 0 Å². The van der Waals surface area contributed by atoms with Gasteiger partial charge in [-0.3, -0.25) is 19.9 Å². The third-order valence-corrected chi connectivity index (χ3v) is 1.07. The number of nitro groups is 1. The topological polar surface area (TPSA) is 132 Å². The molecule has 0 spiro atoms. The first-order valence-electron chi connectivity index (χ1n) is 2.70. The Morgan fingerprint density at radius 2 is 1.77 bits per heavy atom. The van der Waals surface area contributed by atoms with Crippen LogP contribution in [0.1, 0.15) is 0 Å². The van der Waals surface area contributed by atoms with E-state index in [1.165, 1.54) is 0 Å². The van der Waals surface area contributed by atoms with Gasteiger partial charge in [-0.15, -0.1) is 0 Å². The van der Waals surface area contributed by atoms with Crippen LogP contribution in [0.3, 0.4) is 0 Å². The molecule has 1 aromatic heterocycles. The minimum atomic E-state index is -1.30. The summed E-state index contributed by atoms with van der Waals surface area (Å²) in [6.45, 7) is 0. The summed E-state index contributed by atoms with van der Waals surface area (Å²) in [5.74, 6) is -1.30. The summed E-state index contributed by atoms with van der Waals surface area (Å²) in [5, 5.41) is 20.6. The summed E-state index contributed by atoms with van der Waals surface area (Å²) < 4.78 is 0. The molecule has 0 bridgehead atoms. The Labute approximate surface area is 113 Å². The van der Waals surface area contributed by atoms with Crippen LogP contribution >= 0.6 is 0 Å². The van der Waals surface area contributed by atoms with Crippen molar-refractivity contribution in [2.24, 2.45) is 0 Å². The molecule has 0 aliphatic heterocycles. The maximum atomic E-state index is 10.6. The molecule has 0 radical (unpaired) electrons. The van der Waals surface area contributed by atoms with Crippen LogP contribution in [0.5, 0.6) is 5.88 Å². The molecule has 0 atom stereocenters. The molecule has 8 nitrogen and oxygen atoms in total. The van der Waals surface area contributed by atoms with Gasteiger partial charge in [0.1, 0.15) is 0 Å². The van der Waals surface area contributed by atoms with Gasteiger partial charge in [0.2, 0.25) is 0 Å². The van der Waals surface area contributed by atoms with Crippen molar-refractivity contribution < 1.29 is 61.4 Å². The maximum Gasteiger partial charge on any atom is 1.00 e. The summed E-state index contributed by atoms with van der Waals surface area (Å²) in [6, 6.07) is 0. The third-order valence-electron chi connectivity index (χ3n) is 1.07. The van der Waals surface area contributed by atoms with Crippen LogP contribution in [-0.4, -0.2) is 14.9 Å². The second-order valence-electron chi connectivity index (χ2n) is 1.84. The molecule has 0 saturated heterocycles. The minimum absolute atomic E-state index is 0. The molecule has 1 heterocycles. The van der Waals surface area contributed by atoms with Crippen LogP contribution in [0.2, 0.25) is 0 Å². The van der Waals surface area contributed by atoms with Crippen LogP contribution in [0.25, 0.3) is 0 Å². The molecule has 0 aromatic carbocycles. The first kappa shape index (κ1) is 12.5. The third kappa shape index (κ3) is 2.74. The summed E-state index contributed by atoms with van der Waals surface area (Å²) in [7, 11) is 0. The quantitative estimate of drug-likeness (QED) is 0.273. The fourth-order valence-electron chi connectivity index (χ4n) is 0.625. The number of hydrogen-bond acceptors (Lipinski definition) is 5. The zero-order chi connectivity index (χ0) is 9.30. The van der Waals surface area contributed by atoms with Crippen LogP contribution in [0.4, 0.5) is 5.69 Å². The second kappa shape index (κ2) is 4.67. The van der Waals surface area contributed by atoms with E-state index in [4.69, 9.17) is 0 Å². The van der Waals surface area contributed by atoms with Gasteiger partial charge in [0, 0.05) is 0 Å².